The first-order valence-electron chi connectivity index (χ1n) is 11.3. The number of para-hydroxylation sites is 1. The number of halogens is 1. The molecule has 1 aliphatic rings. The van der Waals surface area contributed by atoms with E-state index in [0.29, 0.717) is 5.75 Å². The summed E-state index contributed by atoms with van der Waals surface area (Å²) in [6, 6.07) is 8.28. The van der Waals surface area contributed by atoms with E-state index in [1.54, 1.807) is 44.2 Å². The number of carbonyl (C=O) groups is 1. The molecule has 0 saturated carbocycles. The number of hydrogen-bond donors (Lipinski definition) is 5. The second-order valence-electron chi connectivity index (χ2n) is 9.04. The second kappa shape index (κ2) is 11.2. The second-order valence-corrected chi connectivity index (χ2v) is 12.8. The predicted octanol–water partition coefficient (Wildman–Crippen LogP) is 1.21. The minimum absolute atomic E-state index is 0.298. The summed E-state index contributed by atoms with van der Waals surface area (Å²) in [4.78, 5) is 37.9. The van der Waals surface area contributed by atoms with Crippen LogP contribution in [0.3, 0.4) is 0 Å². The third-order valence-corrected chi connectivity index (χ3v) is 8.34. The Labute approximate surface area is 217 Å². The van der Waals surface area contributed by atoms with Crippen molar-refractivity contribution < 1.29 is 37.9 Å². The molecule has 1 aromatic carbocycles. The Kier molecular flexibility index (Phi) is 8.85. The van der Waals surface area contributed by atoms with E-state index < -0.39 is 66.8 Å². The van der Waals surface area contributed by atoms with Crippen molar-refractivity contribution in [1.82, 2.24) is 14.6 Å². The van der Waals surface area contributed by atoms with E-state index in [1.165, 1.54) is 6.92 Å². The van der Waals surface area contributed by atoms with Gasteiger partial charge in [-0.2, -0.15) is 0 Å². The van der Waals surface area contributed by atoms with Crippen LogP contribution in [0.4, 0.5) is 4.39 Å². The summed E-state index contributed by atoms with van der Waals surface area (Å²) in [7, 11) is -3.96. The van der Waals surface area contributed by atoms with Crippen LogP contribution >= 0.6 is 19.3 Å². The van der Waals surface area contributed by atoms with E-state index >= 15 is 4.39 Å². The summed E-state index contributed by atoms with van der Waals surface area (Å²) in [5, 5.41) is 24.3. The normalized spacial score (nSPS) is 27.2. The van der Waals surface area contributed by atoms with Crippen molar-refractivity contribution >= 4 is 25.3 Å². The van der Waals surface area contributed by atoms with Crippen molar-refractivity contribution in [3.63, 3.8) is 0 Å². The molecule has 0 radical (unpaired) electrons. The van der Waals surface area contributed by atoms with Crippen LogP contribution in [0, 0.1) is 0 Å². The fraction of sp³-hybridized carbons (Fsp3) is 0.500. The molecule has 4 N–H and O–H groups in total. The molecule has 0 spiro atoms. The van der Waals surface area contributed by atoms with E-state index in [2.05, 4.69) is 17.3 Å². The Bertz CT molecular complexity index is 1210. The number of aromatic nitrogens is 2. The van der Waals surface area contributed by atoms with Gasteiger partial charge in [0.05, 0.1) is 0 Å². The average Bonchev–Trinajstić information content (AvgIpc) is 2.98. The molecule has 5 atom stereocenters. The zero-order valence-corrected chi connectivity index (χ0v) is 22.5. The zero-order valence-electron chi connectivity index (χ0n) is 20.6. The Morgan fingerprint density at radius 1 is 1.30 bits per heavy atom. The summed E-state index contributed by atoms with van der Waals surface area (Å²) < 4.78 is 38.7. The molecule has 0 amide bonds. The maximum atomic E-state index is 16.0. The van der Waals surface area contributed by atoms with E-state index in [0.717, 1.165) is 23.8 Å². The van der Waals surface area contributed by atoms with E-state index in [1.807, 2.05) is 4.98 Å². The van der Waals surface area contributed by atoms with E-state index in [9.17, 15) is 24.6 Å². The molecular weight excluding hydrogens is 532 g/mol. The van der Waals surface area contributed by atoms with Crippen LogP contribution in [0.15, 0.2) is 52.2 Å². The SMILES string of the molecule is CC(C)OC(=O)C(C)N[PH](S)(OC[C@@]1(F)O[C@@H](n2ccc(=O)[nH]c2=O)[C@](C)(O)[C@@H]1O)Oc1ccccc1. The molecule has 1 aromatic heterocycles. The number of nitrogens with zero attached hydrogens (tertiary/aromatic N) is 1. The van der Waals surface area contributed by atoms with Crippen molar-refractivity contribution in [2.45, 2.75) is 63.6 Å². The van der Waals surface area contributed by atoms with Gasteiger partial charge in [-0.1, -0.05) is 0 Å². The quantitative estimate of drug-likeness (QED) is 0.161. The Balaban J connectivity index is 1.85. The van der Waals surface area contributed by atoms with E-state index in [4.69, 9.17) is 18.5 Å². The number of carbonyl (C=O) groups excluding carboxylic acids is 1. The van der Waals surface area contributed by atoms with Crippen LogP contribution in [-0.2, 0) is 18.8 Å². The fourth-order valence-electron chi connectivity index (χ4n) is 3.62. The molecule has 2 aromatic rings. The molecule has 2 heterocycles. The number of nitrogens with one attached hydrogen (secondary N) is 2. The topological polar surface area (TPSA) is 161 Å². The Morgan fingerprint density at radius 2 is 1.95 bits per heavy atom. The minimum atomic E-state index is -3.96. The van der Waals surface area contributed by atoms with Crippen molar-refractivity contribution in [3.05, 3.63) is 63.4 Å². The average molecular weight is 564 g/mol. The van der Waals surface area contributed by atoms with Crippen LogP contribution in [0.2, 0.25) is 0 Å². The number of aliphatic hydroxyl groups is 2. The van der Waals surface area contributed by atoms with Gasteiger partial charge in [-0.3, -0.25) is 0 Å². The van der Waals surface area contributed by atoms with Crippen LogP contribution in [0.25, 0.3) is 0 Å². The molecule has 15 heteroatoms. The molecule has 0 bridgehead atoms. The fourth-order valence-corrected chi connectivity index (χ4v) is 6.42. The third kappa shape index (κ3) is 6.77. The van der Waals surface area contributed by atoms with Crippen molar-refractivity contribution in [2.75, 3.05) is 6.61 Å². The number of esters is 1. The molecule has 1 unspecified atom stereocenters. The monoisotopic (exact) mass is 563 g/mol. The number of aromatic amines is 1. The van der Waals surface area contributed by atoms with Gasteiger partial charge in [-0.15, -0.1) is 0 Å². The summed E-state index contributed by atoms with van der Waals surface area (Å²) in [5.41, 5.74) is -4.02. The molecule has 206 valence electrons. The molecule has 1 saturated heterocycles. The van der Waals surface area contributed by atoms with Crippen molar-refractivity contribution in [3.8, 4) is 5.75 Å². The van der Waals surface area contributed by atoms with Crippen LogP contribution in [-0.4, -0.2) is 62.0 Å². The third-order valence-electron chi connectivity index (χ3n) is 5.44. The number of alkyl halides is 1. The van der Waals surface area contributed by atoms with Gasteiger partial charge < -0.3 is 0 Å². The summed E-state index contributed by atoms with van der Waals surface area (Å²) in [6.45, 7) is 4.88. The molecule has 3 rings (SSSR count). The van der Waals surface area contributed by atoms with Crippen LogP contribution < -0.4 is 20.9 Å². The van der Waals surface area contributed by atoms with Gasteiger partial charge in [0, 0.05) is 0 Å². The van der Waals surface area contributed by atoms with Gasteiger partial charge in [0.2, 0.25) is 0 Å². The number of ether oxygens (including phenoxy) is 2. The predicted molar refractivity (Wildman–Crippen MR) is 136 cm³/mol. The molecular formula is C22H31FN3O9PS. The number of rotatable bonds is 10. The van der Waals surface area contributed by atoms with Gasteiger partial charge in [-0.25, -0.2) is 0 Å². The Hall–Kier alpha value is -2.32. The first-order chi connectivity index (χ1) is 17.2. The van der Waals surface area contributed by atoms with Crippen molar-refractivity contribution in [1.29, 1.82) is 0 Å². The summed E-state index contributed by atoms with van der Waals surface area (Å²) >= 11 is 4.47. The number of aliphatic hydroxyl groups excluding tert-OH is 1. The zero-order chi connectivity index (χ0) is 27.6. The van der Waals surface area contributed by atoms with Crippen LogP contribution in [0.5, 0.6) is 5.75 Å². The number of hydrogen-bond acceptors (Lipinski definition) is 11. The van der Waals surface area contributed by atoms with Gasteiger partial charge in [0.15, 0.2) is 0 Å². The van der Waals surface area contributed by atoms with Crippen molar-refractivity contribution in [2.24, 2.45) is 0 Å². The first kappa shape index (κ1) is 29.2. The molecule has 0 aliphatic carbocycles. The number of benzene rings is 1. The number of thiol groups is 1. The van der Waals surface area contributed by atoms with Gasteiger partial charge in [0.1, 0.15) is 0 Å². The standard InChI is InChI=1S/C22H31FN3O9PS/c1-13(2)33-17(28)14(3)25-36(37,35-15-8-6-5-7-9-15)32-12-22(23)18(29)21(4,31)19(34-22)26-11-10-16(27)24-20(26)30/h5-11,13-14,18-19,25,29,31,36-37H,12H2,1-4H3,(H,24,27,30)/t14?,18-,19+,21+,22+/m0/s1. The summed E-state index contributed by atoms with van der Waals surface area (Å²) in [5.74, 6) is -3.38. The Morgan fingerprint density at radius 3 is 2.54 bits per heavy atom. The molecule has 1 fully saturated rings. The van der Waals surface area contributed by atoms with Gasteiger partial charge in [0.25, 0.3) is 0 Å². The van der Waals surface area contributed by atoms with E-state index in [-0.39, 0.29) is 0 Å². The van der Waals surface area contributed by atoms with Gasteiger partial charge in [-0.05, 0) is 0 Å². The van der Waals surface area contributed by atoms with Gasteiger partial charge >= 0.3 is 217 Å². The summed E-state index contributed by atoms with van der Waals surface area (Å²) in [6.07, 6.45) is -3.32. The maximum absolute atomic E-state index is 16.0. The number of H-pyrrole nitrogens is 1. The molecule has 12 nitrogen and oxygen atoms in total. The van der Waals surface area contributed by atoms with Crippen LogP contribution in [0.1, 0.15) is 33.9 Å². The molecule has 1 aliphatic heterocycles. The molecule has 37 heavy (non-hydrogen) atoms. The first-order valence-corrected chi connectivity index (χ1v) is 14.4.